The highest BCUT2D eigenvalue weighted by molar-refractivity contribution is 7.89. The van der Waals surface area contributed by atoms with Crippen molar-refractivity contribution < 1.29 is 13.5 Å². The van der Waals surface area contributed by atoms with Gasteiger partial charge in [0.2, 0.25) is 10.0 Å². The predicted molar refractivity (Wildman–Crippen MR) is 78.9 cm³/mol. The van der Waals surface area contributed by atoms with E-state index in [1.165, 1.54) is 6.07 Å². The van der Waals surface area contributed by atoms with E-state index in [2.05, 4.69) is 4.90 Å². The summed E-state index contributed by atoms with van der Waals surface area (Å²) in [5.74, 6) is 0. The molecule has 0 aliphatic carbocycles. The molecule has 0 bridgehead atoms. The highest BCUT2D eigenvalue weighted by Crippen LogP contribution is 2.28. The van der Waals surface area contributed by atoms with Gasteiger partial charge in [-0.2, -0.15) is 0 Å². The van der Waals surface area contributed by atoms with Crippen LogP contribution in [0.25, 0.3) is 0 Å². The molecule has 1 aliphatic rings. The van der Waals surface area contributed by atoms with Crippen LogP contribution < -0.4 is 15.8 Å². The molecule has 0 radical (unpaired) electrons. The van der Waals surface area contributed by atoms with Crippen molar-refractivity contribution in [3.8, 4) is 0 Å². The van der Waals surface area contributed by atoms with Crippen LogP contribution in [0.3, 0.4) is 0 Å². The Bertz CT molecular complexity index is 574. The fourth-order valence-corrected chi connectivity index (χ4v) is 3.33. The molecule has 7 heteroatoms. The van der Waals surface area contributed by atoms with Crippen LogP contribution in [0.2, 0.25) is 0 Å². The summed E-state index contributed by atoms with van der Waals surface area (Å²) in [6, 6.07) is 4.80. The van der Waals surface area contributed by atoms with E-state index in [0.29, 0.717) is 0 Å². The lowest BCUT2D eigenvalue weighted by Gasteiger charge is -2.31. The van der Waals surface area contributed by atoms with Gasteiger partial charge in [-0.3, -0.25) is 0 Å². The number of nitrogens with zero attached hydrogens (tertiary/aromatic N) is 1. The highest BCUT2D eigenvalue weighted by Gasteiger charge is 2.22. The van der Waals surface area contributed by atoms with Gasteiger partial charge in [-0.1, -0.05) is 12.8 Å². The van der Waals surface area contributed by atoms with E-state index in [1.807, 2.05) is 0 Å². The zero-order chi connectivity index (χ0) is 14.8. The Morgan fingerprint density at radius 3 is 2.65 bits per heavy atom. The summed E-state index contributed by atoms with van der Waals surface area (Å²) in [6.07, 6.45) is 4.20. The average molecular weight is 299 g/mol. The molecule has 1 unspecified atom stereocenters. The van der Waals surface area contributed by atoms with Crippen molar-refractivity contribution in [2.75, 3.05) is 23.8 Å². The van der Waals surface area contributed by atoms with E-state index in [9.17, 15) is 13.5 Å². The van der Waals surface area contributed by atoms with Crippen molar-refractivity contribution in [2.45, 2.75) is 36.6 Å². The first-order chi connectivity index (χ1) is 9.43. The fraction of sp³-hybridized carbons (Fsp3) is 0.538. The fourth-order valence-electron chi connectivity index (χ4n) is 2.68. The second-order valence-corrected chi connectivity index (χ2v) is 6.68. The van der Waals surface area contributed by atoms with Crippen molar-refractivity contribution in [1.82, 2.24) is 0 Å². The van der Waals surface area contributed by atoms with Gasteiger partial charge in [0.15, 0.2) is 0 Å². The maximum Gasteiger partial charge on any atom is 0.240 e. The number of hydrogen-bond donors (Lipinski definition) is 3. The molecule has 1 aromatic rings. The summed E-state index contributed by atoms with van der Waals surface area (Å²) in [6.45, 7) is 0.913. The molecule has 0 spiro atoms. The molecule has 1 atom stereocenters. The van der Waals surface area contributed by atoms with Crippen molar-refractivity contribution in [3.63, 3.8) is 0 Å². The third-order valence-corrected chi connectivity index (χ3v) is 4.70. The third kappa shape index (κ3) is 3.23. The Morgan fingerprint density at radius 1 is 1.30 bits per heavy atom. The maximum absolute atomic E-state index is 11.4. The number of nitrogen functional groups attached to an aromatic ring is 1. The molecule has 20 heavy (non-hydrogen) atoms. The summed E-state index contributed by atoms with van der Waals surface area (Å²) in [7, 11) is -3.80. The van der Waals surface area contributed by atoms with Crippen LogP contribution in [0.4, 0.5) is 11.4 Å². The molecular weight excluding hydrogens is 278 g/mol. The second-order valence-electron chi connectivity index (χ2n) is 5.15. The molecule has 6 nitrogen and oxygen atoms in total. The minimum absolute atomic E-state index is 0.0530. The first-order valence-electron chi connectivity index (χ1n) is 6.73. The molecule has 0 saturated carbocycles. The van der Waals surface area contributed by atoms with Gasteiger partial charge in [0.05, 0.1) is 18.3 Å². The van der Waals surface area contributed by atoms with Crippen LogP contribution in [-0.4, -0.2) is 32.7 Å². The van der Waals surface area contributed by atoms with Gasteiger partial charge in [0.1, 0.15) is 4.90 Å². The maximum atomic E-state index is 11.4. The molecule has 0 aromatic heterocycles. The highest BCUT2D eigenvalue weighted by atomic mass is 32.2. The molecule has 1 fully saturated rings. The van der Waals surface area contributed by atoms with Gasteiger partial charge in [-0.05, 0) is 31.0 Å². The van der Waals surface area contributed by atoms with E-state index in [4.69, 9.17) is 10.9 Å². The van der Waals surface area contributed by atoms with E-state index in [-0.39, 0.29) is 23.2 Å². The number of anilines is 2. The number of hydrogen-bond acceptors (Lipinski definition) is 5. The number of sulfonamides is 1. The Kier molecular flexibility index (Phi) is 4.52. The Balaban J connectivity index is 2.34. The van der Waals surface area contributed by atoms with Crippen molar-refractivity contribution in [1.29, 1.82) is 0 Å². The Morgan fingerprint density at radius 2 is 2.05 bits per heavy atom. The largest absolute Gasteiger partial charge is 0.398 e. The van der Waals surface area contributed by atoms with Crippen molar-refractivity contribution in [2.24, 2.45) is 5.14 Å². The first-order valence-corrected chi connectivity index (χ1v) is 8.28. The molecule has 0 amide bonds. The summed E-state index contributed by atoms with van der Waals surface area (Å²) in [4.78, 5) is 2.03. The lowest BCUT2D eigenvalue weighted by atomic mass is 10.1. The quantitative estimate of drug-likeness (QED) is 0.710. The summed E-state index contributed by atoms with van der Waals surface area (Å²) in [5.41, 5.74) is 6.77. The molecule has 5 N–H and O–H groups in total. The molecular formula is C13H21N3O3S. The molecule has 1 aliphatic heterocycles. The van der Waals surface area contributed by atoms with Gasteiger partial charge in [0, 0.05) is 12.2 Å². The molecule has 112 valence electrons. The predicted octanol–water partition coefficient (Wildman–Crippen LogP) is 0.658. The summed E-state index contributed by atoms with van der Waals surface area (Å²) >= 11 is 0. The minimum Gasteiger partial charge on any atom is -0.398 e. The monoisotopic (exact) mass is 299 g/mol. The lowest BCUT2D eigenvalue weighted by molar-refractivity contribution is 0.255. The molecule has 1 saturated heterocycles. The zero-order valence-electron chi connectivity index (χ0n) is 11.3. The van der Waals surface area contributed by atoms with Gasteiger partial charge in [0.25, 0.3) is 0 Å². The van der Waals surface area contributed by atoms with Crippen LogP contribution >= 0.6 is 0 Å². The van der Waals surface area contributed by atoms with Crippen LogP contribution in [0, 0.1) is 0 Å². The van der Waals surface area contributed by atoms with Gasteiger partial charge in [-0.15, -0.1) is 0 Å². The van der Waals surface area contributed by atoms with Crippen LogP contribution in [0.15, 0.2) is 23.1 Å². The summed E-state index contributed by atoms with van der Waals surface area (Å²) in [5, 5.41) is 14.6. The number of rotatable bonds is 3. The Hall–Kier alpha value is -1.31. The van der Waals surface area contributed by atoms with Crippen LogP contribution in [0.5, 0.6) is 0 Å². The van der Waals surface area contributed by atoms with E-state index < -0.39 is 10.0 Å². The second kappa shape index (κ2) is 5.99. The van der Waals surface area contributed by atoms with Crippen LogP contribution in [0.1, 0.15) is 25.7 Å². The standard InChI is InChI=1S/C13H21N3O3S/c14-12-8-10(5-6-13(12)20(15,18)19)16-7-3-1-2-4-11(16)9-17/h5-6,8,11,17H,1-4,7,9,14H2,(H2,15,18,19). The average Bonchev–Trinajstić information content (AvgIpc) is 2.61. The van der Waals surface area contributed by atoms with Gasteiger partial charge < -0.3 is 15.7 Å². The van der Waals surface area contributed by atoms with Gasteiger partial charge >= 0.3 is 0 Å². The number of benzene rings is 1. The summed E-state index contributed by atoms with van der Waals surface area (Å²) < 4.78 is 22.7. The van der Waals surface area contributed by atoms with Crippen molar-refractivity contribution >= 4 is 21.4 Å². The molecule has 1 heterocycles. The van der Waals surface area contributed by atoms with Gasteiger partial charge in [-0.25, -0.2) is 13.6 Å². The smallest absolute Gasteiger partial charge is 0.240 e. The van der Waals surface area contributed by atoms with E-state index in [1.54, 1.807) is 12.1 Å². The zero-order valence-corrected chi connectivity index (χ0v) is 12.1. The number of aliphatic hydroxyl groups excluding tert-OH is 1. The number of primary sulfonamides is 1. The minimum atomic E-state index is -3.80. The molecule has 1 aromatic carbocycles. The first kappa shape index (κ1) is 15.1. The normalized spacial score (nSPS) is 20.7. The molecule has 2 rings (SSSR count). The SMILES string of the molecule is Nc1cc(N2CCCCCC2CO)ccc1S(N)(=O)=O. The van der Waals surface area contributed by atoms with Crippen molar-refractivity contribution in [3.05, 3.63) is 18.2 Å². The van der Waals surface area contributed by atoms with E-state index >= 15 is 0 Å². The lowest BCUT2D eigenvalue weighted by Crippen LogP contribution is -2.37. The Labute approximate surface area is 119 Å². The topological polar surface area (TPSA) is 110 Å². The number of aliphatic hydroxyl groups is 1. The third-order valence-electron chi connectivity index (χ3n) is 3.72. The number of nitrogens with two attached hydrogens (primary N) is 2. The van der Waals surface area contributed by atoms with E-state index in [0.717, 1.165) is 37.9 Å². The van der Waals surface area contributed by atoms with Crippen LogP contribution in [-0.2, 0) is 10.0 Å².